The number of esters is 1. The van der Waals surface area contributed by atoms with Crippen LogP contribution in [0.4, 0.5) is 0 Å². The van der Waals surface area contributed by atoms with Gasteiger partial charge in [0, 0.05) is 28.4 Å². The van der Waals surface area contributed by atoms with Crippen LogP contribution in [-0.2, 0) is 4.74 Å². The molecular formula is C18H15ClN2O3. The molecule has 1 atom stereocenters. The highest BCUT2D eigenvalue weighted by atomic mass is 35.5. The minimum Gasteiger partial charge on any atom is -0.451 e. The number of nitrogens with zero attached hydrogens (tertiary/aromatic N) is 1. The molecule has 0 saturated carbocycles. The molecule has 0 bridgehead atoms. The van der Waals surface area contributed by atoms with Crippen LogP contribution in [0.5, 0.6) is 0 Å². The monoisotopic (exact) mass is 342 g/mol. The van der Waals surface area contributed by atoms with E-state index < -0.39 is 12.1 Å². The fraction of sp³-hybridized carbons (Fsp3) is 0.167. The smallest absolute Gasteiger partial charge is 0.340 e. The van der Waals surface area contributed by atoms with Gasteiger partial charge in [0.25, 0.3) is 0 Å². The molecule has 2 heterocycles. The van der Waals surface area contributed by atoms with E-state index in [1.165, 1.54) is 18.3 Å². The Balaban J connectivity index is 1.82. The summed E-state index contributed by atoms with van der Waals surface area (Å²) < 4.78 is 5.28. The Morgan fingerprint density at radius 3 is 2.67 bits per heavy atom. The van der Waals surface area contributed by atoms with Crippen molar-refractivity contribution in [2.45, 2.75) is 20.0 Å². The molecule has 0 radical (unpaired) electrons. The van der Waals surface area contributed by atoms with Crippen LogP contribution in [0.2, 0.25) is 5.15 Å². The van der Waals surface area contributed by atoms with Crippen LogP contribution in [0, 0.1) is 6.92 Å². The summed E-state index contributed by atoms with van der Waals surface area (Å²) in [6.45, 7) is 3.38. The van der Waals surface area contributed by atoms with Gasteiger partial charge in [-0.05, 0) is 32.0 Å². The molecule has 0 spiro atoms. The van der Waals surface area contributed by atoms with Gasteiger partial charge in [0.15, 0.2) is 6.10 Å². The van der Waals surface area contributed by atoms with Gasteiger partial charge < -0.3 is 9.72 Å². The number of rotatable bonds is 4. The van der Waals surface area contributed by atoms with E-state index in [1.54, 1.807) is 6.92 Å². The Bertz CT molecular complexity index is 916. The van der Waals surface area contributed by atoms with Gasteiger partial charge in [0.1, 0.15) is 5.15 Å². The first-order valence-electron chi connectivity index (χ1n) is 7.41. The summed E-state index contributed by atoms with van der Waals surface area (Å²) in [5.74, 6) is -0.863. The fourth-order valence-corrected chi connectivity index (χ4v) is 2.69. The number of hydrogen-bond donors (Lipinski definition) is 1. The number of Topliss-reactive ketones (excluding diaryl/α,β-unsaturated/α-hetero) is 1. The SMILES string of the molecule is Cc1[nH]c2ccccc2c1C(=O)[C@@H](C)OC(=O)c1ccc(Cl)nc1. The lowest BCUT2D eigenvalue weighted by molar-refractivity contribution is 0.0318. The number of H-pyrrole nitrogens is 1. The molecule has 24 heavy (non-hydrogen) atoms. The van der Waals surface area contributed by atoms with E-state index in [9.17, 15) is 9.59 Å². The van der Waals surface area contributed by atoms with Crippen molar-refractivity contribution in [1.29, 1.82) is 0 Å². The maximum absolute atomic E-state index is 12.7. The molecule has 0 unspecified atom stereocenters. The number of carbonyl (C=O) groups excluding carboxylic acids is 2. The molecule has 0 aliphatic heterocycles. The Hall–Kier alpha value is -2.66. The molecule has 3 aromatic rings. The van der Waals surface area contributed by atoms with Crippen LogP contribution in [0.15, 0.2) is 42.6 Å². The minimum atomic E-state index is -0.911. The zero-order chi connectivity index (χ0) is 17.3. The van der Waals surface area contributed by atoms with Gasteiger partial charge in [0.2, 0.25) is 5.78 Å². The van der Waals surface area contributed by atoms with E-state index in [2.05, 4.69) is 9.97 Å². The van der Waals surface area contributed by atoms with Crippen molar-refractivity contribution in [2.75, 3.05) is 0 Å². The molecule has 1 aromatic carbocycles. The van der Waals surface area contributed by atoms with E-state index in [1.807, 2.05) is 31.2 Å². The molecule has 0 aliphatic carbocycles. The van der Waals surface area contributed by atoms with E-state index >= 15 is 0 Å². The first kappa shape index (κ1) is 16.2. The van der Waals surface area contributed by atoms with Gasteiger partial charge in [-0.15, -0.1) is 0 Å². The van der Waals surface area contributed by atoms with Crippen LogP contribution in [0.3, 0.4) is 0 Å². The quantitative estimate of drug-likeness (QED) is 0.442. The molecule has 122 valence electrons. The van der Waals surface area contributed by atoms with Crippen molar-refractivity contribution < 1.29 is 14.3 Å². The normalized spacial score (nSPS) is 12.1. The lowest BCUT2D eigenvalue weighted by Gasteiger charge is -2.12. The maximum Gasteiger partial charge on any atom is 0.340 e. The van der Waals surface area contributed by atoms with Crippen LogP contribution in [0.1, 0.15) is 33.3 Å². The van der Waals surface area contributed by atoms with Gasteiger partial charge in [-0.1, -0.05) is 29.8 Å². The Kier molecular flexibility index (Phi) is 4.36. The third-order valence-electron chi connectivity index (χ3n) is 3.76. The number of ketones is 1. The second-order valence-electron chi connectivity index (χ2n) is 5.45. The van der Waals surface area contributed by atoms with Crippen LogP contribution >= 0.6 is 11.6 Å². The van der Waals surface area contributed by atoms with Gasteiger partial charge in [0.05, 0.1) is 5.56 Å². The number of hydrogen-bond acceptors (Lipinski definition) is 4. The molecule has 3 rings (SSSR count). The van der Waals surface area contributed by atoms with E-state index in [-0.39, 0.29) is 16.5 Å². The Morgan fingerprint density at radius 2 is 1.96 bits per heavy atom. The molecule has 1 N–H and O–H groups in total. The van der Waals surface area contributed by atoms with Crippen LogP contribution in [-0.4, -0.2) is 27.8 Å². The van der Waals surface area contributed by atoms with Crippen molar-refractivity contribution in [3.8, 4) is 0 Å². The summed E-state index contributed by atoms with van der Waals surface area (Å²) in [4.78, 5) is 31.9. The second-order valence-corrected chi connectivity index (χ2v) is 5.84. The van der Waals surface area contributed by atoms with Crippen LogP contribution < -0.4 is 0 Å². The predicted octanol–water partition coefficient (Wildman–Crippen LogP) is 3.95. The molecule has 0 amide bonds. The van der Waals surface area contributed by atoms with Crippen molar-refractivity contribution >= 4 is 34.3 Å². The van der Waals surface area contributed by atoms with Crippen molar-refractivity contribution in [1.82, 2.24) is 9.97 Å². The summed E-state index contributed by atoms with van der Waals surface area (Å²) in [5, 5.41) is 1.10. The minimum absolute atomic E-state index is 0.245. The Labute approximate surface area is 143 Å². The van der Waals surface area contributed by atoms with E-state index in [0.29, 0.717) is 5.56 Å². The highest BCUT2D eigenvalue weighted by Gasteiger charge is 2.24. The largest absolute Gasteiger partial charge is 0.451 e. The highest BCUT2D eigenvalue weighted by molar-refractivity contribution is 6.29. The van der Waals surface area contributed by atoms with E-state index in [0.717, 1.165) is 16.6 Å². The molecule has 0 fully saturated rings. The Morgan fingerprint density at radius 1 is 1.21 bits per heavy atom. The standard InChI is InChI=1S/C18H15ClN2O3/c1-10-16(13-5-3-4-6-14(13)21-10)17(22)11(2)24-18(23)12-7-8-15(19)20-9-12/h3-9,11,21H,1-2H3/t11-/m1/s1. The average molecular weight is 343 g/mol. The first-order chi connectivity index (χ1) is 11.5. The summed E-state index contributed by atoms with van der Waals surface area (Å²) in [7, 11) is 0. The number of aromatic nitrogens is 2. The average Bonchev–Trinajstić information content (AvgIpc) is 2.90. The summed E-state index contributed by atoms with van der Waals surface area (Å²) in [6.07, 6.45) is 0.407. The zero-order valence-electron chi connectivity index (χ0n) is 13.2. The second kappa shape index (κ2) is 6.45. The lowest BCUT2D eigenvalue weighted by Crippen LogP contribution is -2.25. The number of aromatic amines is 1. The topological polar surface area (TPSA) is 72.1 Å². The third kappa shape index (κ3) is 3.03. The number of carbonyl (C=O) groups is 2. The molecule has 2 aromatic heterocycles. The first-order valence-corrected chi connectivity index (χ1v) is 7.79. The van der Waals surface area contributed by atoms with Crippen LogP contribution in [0.25, 0.3) is 10.9 Å². The summed E-state index contributed by atoms with van der Waals surface area (Å²) in [5.41, 5.74) is 2.41. The molecule has 0 saturated heterocycles. The van der Waals surface area contributed by atoms with E-state index in [4.69, 9.17) is 16.3 Å². The molecular weight excluding hydrogens is 328 g/mol. The van der Waals surface area contributed by atoms with Gasteiger partial charge >= 0.3 is 5.97 Å². The van der Waals surface area contributed by atoms with Gasteiger partial charge in [-0.3, -0.25) is 4.79 Å². The number of halogens is 1. The number of ether oxygens (including phenoxy) is 1. The highest BCUT2D eigenvalue weighted by Crippen LogP contribution is 2.24. The summed E-state index contributed by atoms with van der Waals surface area (Å²) in [6, 6.07) is 10.5. The van der Waals surface area contributed by atoms with Crippen molar-refractivity contribution in [3.63, 3.8) is 0 Å². The number of para-hydroxylation sites is 1. The number of fused-ring (bicyclic) bond motifs is 1. The number of benzene rings is 1. The third-order valence-corrected chi connectivity index (χ3v) is 3.98. The number of aryl methyl sites for hydroxylation is 1. The number of nitrogens with one attached hydrogen (secondary N) is 1. The van der Waals surface area contributed by atoms with Crippen molar-refractivity contribution in [2.24, 2.45) is 0 Å². The van der Waals surface area contributed by atoms with Crippen molar-refractivity contribution in [3.05, 3.63) is 64.6 Å². The van der Waals surface area contributed by atoms with Gasteiger partial charge in [-0.2, -0.15) is 0 Å². The predicted molar refractivity (Wildman–Crippen MR) is 91.5 cm³/mol. The fourth-order valence-electron chi connectivity index (χ4n) is 2.58. The molecule has 0 aliphatic rings. The zero-order valence-corrected chi connectivity index (χ0v) is 13.9. The van der Waals surface area contributed by atoms with Gasteiger partial charge in [-0.25, -0.2) is 9.78 Å². The summed E-state index contributed by atoms with van der Waals surface area (Å²) >= 11 is 5.69. The molecule has 5 nitrogen and oxygen atoms in total. The number of pyridine rings is 1. The lowest BCUT2D eigenvalue weighted by atomic mass is 10.0. The molecule has 6 heteroatoms. The maximum atomic E-state index is 12.7.